The van der Waals surface area contributed by atoms with Crippen LogP contribution in [0, 0.1) is 6.92 Å². The number of carbonyl (C=O) groups is 1. The Hall–Kier alpha value is -1.29. The molecule has 2 N–H and O–H groups in total. The highest BCUT2D eigenvalue weighted by Gasteiger charge is 2.15. The van der Waals surface area contributed by atoms with Crippen molar-refractivity contribution in [2.24, 2.45) is 0 Å². The summed E-state index contributed by atoms with van der Waals surface area (Å²) in [4.78, 5) is 13.7. The number of rotatable bonds is 3. The molecule has 0 aliphatic carbocycles. The fourth-order valence-corrected chi connectivity index (χ4v) is 1.88. The monoisotopic (exact) mass is 282 g/mol. The highest BCUT2D eigenvalue weighted by atomic mass is 79.9. The Morgan fingerprint density at radius 2 is 2.25 bits per heavy atom. The number of nitrogen functional groups attached to an aromatic ring is 1. The number of carbonyl (C=O) groups excluding carboxylic acids is 1. The molecule has 3 nitrogen and oxygen atoms in total. The third-order valence-electron chi connectivity index (χ3n) is 2.39. The molecule has 1 rings (SSSR count). The first-order valence-corrected chi connectivity index (χ1v) is 5.68. The molecular formula is C12H15BrN2O. The van der Waals surface area contributed by atoms with Gasteiger partial charge in [-0.15, -0.1) is 6.58 Å². The fraction of sp³-hybridized carbons (Fsp3) is 0.250. The maximum Gasteiger partial charge on any atom is 0.254 e. The summed E-state index contributed by atoms with van der Waals surface area (Å²) < 4.78 is 0.811. The molecule has 0 bridgehead atoms. The molecule has 0 heterocycles. The molecule has 0 atom stereocenters. The molecule has 0 fully saturated rings. The van der Waals surface area contributed by atoms with Crippen LogP contribution in [-0.4, -0.2) is 24.4 Å². The van der Waals surface area contributed by atoms with Crippen LogP contribution in [0.2, 0.25) is 0 Å². The Morgan fingerprint density at radius 3 is 2.81 bits per heavy atom. The maximum atomic E-state index is 12.1. The van der Waals surface area contributed by atoms with Crippen molar-refractivity contribution < 1.29 is 4.79 Å². The average Bonchev–Trinajstić information content (AvgIpc) is 2.22. The van der Waals surface area contributed by atoms with E-state index in [4.69, 9.17) is 5.73 Å². The SMILES string of the molecule is C=CCN(C)C(=O)c1cc(Br)cc(N)c1C. The van der Waals surface area contributed by atoms with Crippen molar-refractivity contribution in [3.63, 3.8) is 0 Å². The maximum absolute atomic E-state index is 12.1. The van der Waals surface area contributed by atoms with Gasteiger partial charge in [-0.25, -0.2) is 0 Å². The van der Waals surface area contributed by atoms with E-state index in [0.29, 0.717) is 17.8 Å². The standard InChI is InChI=1S/C12H15BrN2O/c1-4-5-15(3)12(16)10-6-9(13)7-11(14)8(10)2/h4,6-7H,1,5,14H2,2-3H3. The summed E-state index contributed by atoms with van der Waals surface area (Å²) in [5.74, 6) is -0.0506. The Labute approximate surface area is 104 Å². The first-order valence-electron chi connectivity index (χ1n) is 4.89. The lowest BCUT2D eigenvalue weighted by Crippen LogP contribution is -2.27. The highest BCUT2D eigenvalue weighted by Crippen LogP contribution is 2.23. The number of hydrogen-bond acceptors (Lipinski definition) is 2. The van der Waals surface area contributed by atoms with E-state index in [1.54, 1.807) is 30.2 Å². The van der Waals surface area contributed by atoms with Crippen molar-refractivity contribution >= 4 is 27.5 Å². The Kier molecular flexibility index (Phi) is 4.12. The summed E-state index contributed by atoms with van der Waals surface area (Å²) in [7, 11) is 1.74. The quantitative estimate of drug-likeness (QED) is 0.684. The molecule has 0 radical (unpaired) electrons. The van der Waals surface area contributed by atoms with E-state index >= 15 is 0 Å². The van der Waals surface area contributed by atoms with Crippen LogP contribution in [0.3, 0.4) is 0 Å². The molecule has 4 heteroatoms. The van der Waals surface area contributed by atoms with Crippen LogP contribution in [0.25, 0.3) is 0 Å². The zero-order valence-corrected chi connectivity index (χ0v) is 11.0. The van der Waals surface area contributed by atoms with E-state index in [9.17, 15) is 4.79 Å². The van der Waals surface area contributed by atoms with Gasteiger partial charge < -0.3 is 10.6 Å². The largest absolute Gasteiger partial charge is 0.398 e. The number of benzene rings is 1. The molecule has 16 heavy (non-hydrogen) atoms. The zero-order chi connectivity index (χ0) is 12.3. The van der Waals surface area contributed by atoms with Gasteiger partial charge in [0.05, 0.1) is 0 Å². The highest BCUT2D eigenvalue weighted by molar-refractivity contribution is 9.10. The second-order valence-corrected chi connectivity index (χ2v) is 4.56. The van der Waals surface area contributed by atoms with E-state index in [2.05, 4.69) is 22.5 Å². The smallest absolute Gasteiger partial charge is 0.254 e. The molecule has 86 valence electrons. The molecule has 0 aliphatic rings. The number of likely N-dealkylation sites (N-methyl/N-ethyl adjacent to an activating group) is 1. The minimum Gasteiger partial charge on any atom is -0.398 e. The van der Waals surface area contributed by atoms with Crippen molar-refractivity contribution in [3.05, 3.63) is 40.4 Å². The van der Waals surface area contributed by atoms with Gasteiger partial charge in [-0.3, -0.25) is 4.79 Å². The second kappa shape index (κ2) is 5.16. The van der Waals surface area contributed by atoms with Crippen LogP contribution in [-0.2, 0) is 0 Å². The first-order chi connectivity index (χ1) is 7.47. The summed E-state index contributed by atoms with van der Waals surface area (Å²) in [6.07, 6.45) is 1.69. The molecule has 0 saturated carbocycles. The van der Waals surface area contributed by atoms with Crippen molar-refractivity contribution in [2.75, 3.05) is 19.3 Å². The van der Waals surface area contributed by atoms with E-state index < -0.39 is 0 Å². The fourth-order valence-electron chi connectivity index (χ4n) is 1.40. The van der Waals surface area contributed by atoms with Crippen LogP contribution >= 0.6 is 15.9 Å². The minimum atomic E-state index is -0.0506. The lowest BCUT2D eigenvalue weighted by atomic mass is 10.1. The zero-order valence-electron chi connectivity index (χ0n) is 9.46. The first kappa shape index (κ1) is 12.8. The van der Waals surface area contributed by atoms with Gasteiger partial charge in [0.25, 0.3) is 5.91 Å². The third-order valence-corrected chi connectivity index (χ3v) is 2.85. The molecule has 0 aliphatic heterocycles. The summed E-state index contributed by atoms with van der Waals surface area (Å²) in [6, 6.07) is 3.58. The molecule has 0 saturated heterocycles. The Bertz CT molecular complexity index is 429. The topological polar surface area (TPSA) is 46.3 Å². The Balaban J connectivity index is 3.12. The lowest BCUT2D eigenvalue weighted by Gasteiger charge is -2.17. The number of nitrogens with zero attached hydrogens (tertiary/aromatic N) is 1. The van der Waals surface area contributed by atoms with Gasteiger partial charge in [0.1, 0.15) is 0 Å². The van der Waals surface area contributed by atoms with E-state index in [1.807, 2.05) is 6.92 Å². The predicted octanol–water partition coefficient (Wildman–Crippen LogP) is 2.60. The van der Waals surface area contributed by atoms with Crippen LogP contribution in [0.5, 0.6) is 0 Å². The average molecular weight is 283 g/mol. The van der Waals surface area contributed by atoms with Crippen molar-refractivity contribution in [1.29, 1.82) is 0 Å². The van der Waals surface area contributed by atoms with Gasteiger partial charge in [0, 0.05) is 29.3 Å². The molecule has 1 aromatic carbocycles. The van der Waals surface area contributed by atoms with E-state index in [1.165, 1.54) is 0 Å². The number of amides is 1. The molecule has 1 aromatic rings. The van der Waals surface area contributed by atoms with Gasteiger partial charge in [0.2, 0.25) is 0 Å². The normalized spacial score (nSPS) is 9.94. The number of nitrogens with two attached hydrogens (primary N) is 1. The van der Waals surface area contributed by atoms with Crippen molar-refractivity contribution in [2.45, 2.75) is 6.92 Å². The number of hydrogen-bond donors (Lipinski definition) is 1. The van der Waals surface area contributed by atoms with Gasteiger partial charge in [-0.1, -0.05) is 22.0 Å². The molecule has 0 aromatic heterocycles. The summed E-state index contributed by atoms with van der Waals surface area (Å²) in [6.45, 7) is 5.97. The van der Waals surface area contributed by atoms with Crippen molar-refractivity contribution in [3.8, 4) is 0 Å². The lowest BCUT2D eigenvalue weighted by molar-refractivity contribution is 0.0809. The van der Waals surface area contributed by atoms with Gasteiger partial charge in [-0.05, 0) is 24.6 Å². The second-order valence-electron chi connectivity index (χ2n) is 3.64. The summed E-state index contributed by atoms with van der Waals surface area (Å²) in [5.41, 5.74) is 7.86. The van der Waals surface area contributed by atoms with Crippen LogP contribution in [0.4, 0.5) is 5.69 Å². The molecule has 0 spiro atoms. The Morgan fingerprint density at radius 1 is 1.62 bits per heavy atom. The van der Waals surface area contributed by atoms with Crippen molar-refractivity contribution in [1.82, 2.24) is 4.90 Å². The molecule has 0 unspecified atom stereocenters. The van der Waals surface area contributed by atoms with Gasteiger partial charge in [0.15, 0.2) is 0 Å². The van der Waals surface area contributed by atoms with E-state index in [0.717, 1.165) is 10.0 Å². The van der Waals surface area contributed by atoms with Crippen LogP contribution in [0.1, 0.15) is 15.9 Å². The minimum absolute atomic E-state index is 0.0506. The van der Waals surface area contributed by atoms with Crippen LogP contribution in [0.15, 0.2) is 29.3 Å². The number of halogens is 1. The summed E-state index contributed by atoms with van der Waals surface area (Å²) in [5, 5.41) is 0. The van der Waals surface area contributed by atoms with E-state index in [-0.39, 0.29) is 5.91 Å². The van der Waals surface area contributed by atoms with Gasteiger partial charge in [-0.2, -0.15) is 0 Å². The third kappa shape index (κ3) is 2.64. The van der Waals surface area contributed by atoms with Crippen LogP contribution < -0.4 is 5.73 Å². The van der Waals surface area contributed by atoms with Gasteiger partial charge >= 0.3 is 0 Å². The summed E-state index contributed by atoms with van der Waals surface area (Å²) >= 11 is 3.33. The molecular weight excluding hydrogens is 268 g/mol. The molecule has 1 amide bonds. The number of anilines is 1. The predicted molar refractivity (Wildman–Crippen MR) is 70.4 cm³/mol.